The first-order chi connectivity index (χ1) is 13.0. The molecule has 0 saturated carbocycles. The van der Waals surface area contributed by atoms with Gasteiger partial charge in [0.15, 0.2) is 0 Å². The first kappa shape index (κ1) is 18.3. The second kappa shape index (κ2) is 8.27. The van der Waals surface area contributed by atoms with Gasteiger partial charge in [0.1, 0.15) is 0 Å². The lowest BCUT2D eigenvalue weighted by Crippen LogP contribution is -2.38. The number of hydrogen-bond donors (Lipinski definition) is 2. The third kappa shape index (κ3) is 5.01. The van der Waals surface area contributed by atoms with Crippen LogP contribution in [0.2, 0.25) is 0 Å². The number of pyridine rings is 1. The second-order valence-electron chi connectivity index (χ2n) is 6.33. The summed E-state index contributed by atoms with van der Waals surface area (Å²) in [5, 5.41) is 9.28. The summed E-state index contributed by atoms with van der Waals surface area (Å²) in [6.07, 6.45) is 5.30. The van der Waals surface area contributed by atoms with Gasteiger partial charge in [-0.3, -0.25) is 19.3 Å². The molecule has 3 rings (SSSR count). The molecule has 0 bridgehead atoms. The van der Waals surface area contributed by atoms with Crippen molar-refractivity contribution in [1.29, 1.82) is 0 Å². The van der Waals surface area contributed by atoms with Gasteiger partial charge in [-0.1, -0.05) is 35.9 Å². The van der Waals surface area contributed by atoms with Crippen molar-refractivity contribution in [2.24, 2.45) is 7.05 Å². The first-order valence-electron chi connectivity index (χ1n) is 8.58. The minimum Gasteiger partial charge on any atom is -0.339 e. The summed E-state index contributed by atoms with van der Waals surface area (Å²) in [6, 6.07) is 13.1. The molecular formula is C20H21N5O2. The minimum atomic E-state index is -0.743. The lowest BCUT2D eigenvalue weighted by molar-refractivity contribution is -0.136. The predicted molar refractivity (Wildman–Crippen MR) is 102 cm³/mol. The summed E-state index contributed by atoms with van der Waals surface area (Å²) < 4.78 is 1.54. The average Bonchev–Trinajstić information content (AvgIpc) is 3.08. The van der Waals surface area contributed by atoms with Crippen LogP contribution in [0, 0.1) is 6.92 Å². The maximum atomic E-state index is 12.4. The molecule has 2 heterocycles. The summed E-state index contributed by atoms with van der Waals surface area (Å²) in [5.41, 5.74) is 3.36. The van der Waals surface area contributed by atoms with Gasteiger partial charge in [-0.2, -0.15) is 5.10 Å². The maximum Gasteiger partial charge on any atom is 0.313 e. The molecule has 2 N–H and O–H groups in total. The second-order valence-corrected chi connectivity index (χ2v) is 6.33. The van der Waals surface area contributed by atoms with Crippen LogP contribution < -0.4 is 10.6 Å². The van der Waals surface area contributed by atoms with Crippen LogP contribution in [0.15, 0.2) is 61.1 Å². The van der Waals surface area contributed by atoms with Crippen LogP contribution in [0.25, 0.3) is 0 Å². The zero-order chi connectivity index (χ0) is 19.2. The van der Waals surface area contributed by atoms with Crippen molar-refractivity contribution in [1.82, 2.24) is 20.1 Å². The number of carbonyl (C=O) groups is 2. The largest absolute Gasteiger partial charge is 0.339 e. The Morgan fingerprint density at radius 1 is 1.11 bits per heavy atom. The first-order valence-corrected chi connectivity index (χ1v) is 8.58. The standard InChI is InChI=1S/C20H21N5O2/c1-14-6-8-15(9-7-14)11-18(17-5-3-4-10-21-17)24-20(27)19(26)23-16-12-22-25(2)13-16/h3-10,12-13,18H,11H2,1-2H3,(H,23,26)(H,24,27)/t18-/m1/s1. The number of amides is 2. The number of hydrogen-bond acceptors (Lipinski definition) is 4. The van der Waals surface area contributed by atoms with E-state index in [0.29, 0.717) is 17.8 Å². The molecule has 0 aliphatic heterocycles. The van der Waals surface area contributed by atoms with Gasteiger partial charge in [-0.05, 0) is 31.0 Å². The number of nitrogens with one attached hydrogen (secondary N) is 2. The van der Waals surface area contributed by atoms with Gasteiger partial charge in [-0.25, -0.2) is 0 Å². The van der Waals surface area contributed by atoms with Gasteiger partial charge >= 0.3 is 11.8 Å². The molecule has 0 aliphatic carbocycles. The number of nitrogens with zero attached hydrogens (tertiary/aromatic N) is 3. The highest BCUT2D eigenvalue weighted by Crippen LogP contribution is 2.17. The lowest BCUT2D eigenvalue weighted by atomic mass is 10.0. The fourth-order valence-corrected chi connectivity index (χ4v) is 2.67. The number of aromatic nitrogens is 3. The molecule has 1 aromatic carbocycles. The number of aryl methyl sites for hydroxylation is 2. The van der Waals surface area contributed by atoms with Crippen molar-refractivity contribution in [3.8, 4) is 0 Å². The lowest BCUT2D eigenvalue weighted by Gasteiger charge is -2.18. The highest BCUT2D eigenvalue weighted by molar-refractivity contribution is 6.39. The van der Waals surface area contributed by atoms with E-state index >= 15 is 0 Å². The number of rotatable bonds is 5. The highest BCUT2D eigenvalue weighted by atomic mass is 16.2. The Hall–Kier alpha value is -3.48. The fourth-order valence-electron chi connectivity index (χ4n) is 2.67. The molecule has 7 nitrogen and oxygen atoms in total. The third-order valence-corrected chi connectivity index (χ3v) is 4.08. The van der Waals surface area contributed by atoms with Crippen LogP contribution in [0.4, 0.5) is 5.69 Å². The van der Waals surface area contributed by atoms with Crippen molar-refractivity contribution in [3.63, 3.8) is 0 Å². The number of benzene rings is 1. The Labute approximate surface area is 157 Å². The maximum absolute atomic E-state index is 12.4. The minimum absolute atomic E-state index is 0.416. The Morgan fingerprint density at radius 3 is 2.52 bits per heavy atom. The average molecular weight is 363 g/mol. The number of anilines is 1. The topological polar surface area (TPSA) is 88.9 Å². The summed E-state index contributed by atoms with van der Waals surface area (Å²) in [4.78, 5) is 28.9. The van der Waals surface area contributed by atoms with Gasteiger partial charge in [0, 0.05) is 19.4 Å². The quantitative estimate of drug-likeness (QED) is 0.680. The molecule has 0 saturated heterocycles. The summed E-state index contributed by atoms with van der Waals surface area (Å²) in [6.45, 7) is 2.02. The zero-order valence-corrected chi connectivity index (χ0v) is 15.2. The Balaban J connectivity index is 1.73. The van der Waals surface area contributed by atoms with Crippen molar-refractivity contribution in [2.75, 3.05) is 5.32 Å². The van der Waals surface area contributed by atoms with E-state index in [2.05, 4.69) is 20.7 Å². The predicted octanol–water partition coefficient (Wildman–Crippen LogP) is 2.16. The molecule has 0 unspecified atom stereocenters. The van der Waals surface area contributed by atoms with Crippen molar-refractivity contribution < 1.29 is 9.59 Å². The van der Waals surface area contributed by atoms with E-state index < -0.39 is 17.9 Å². The summed E-state index contributed by atoms with van der Waals surface area (Å²) >= 11 is 0. The Bertz CT molecular complexity index is 919. The van der Waals surface area contributed by atoms with Crippen molar-refractivity contribution in [3.05, 3.63) is 77.9 Å². The van der Waals surface area contributed by atoms with Crippen LogP contribution in [0.5, 0.6) is 0 Å². The number of carbonyl (C=O) groups excluding carboxylic acids is 2. The molecule has 0 spiro atoms. The van der Waals surface area contributed by atoms with E-state index in [-0.39, 0.29) is 0 Å². The van der Waals surface area contributed by atoms with Gasteiger partial charge in [0.05, 0.1) is 23.6 Å². The van der Waals surface area contributed by atoms with Crippen LogP contribution >= 0.6 is 0 Å². The fraction of sp³-hybridized carbons (Fsp3) is 0.200. The van der Waals surface area contributed by atoms with Gasteiger partial charge in [-0.15, -0.1) is 0 Å². The molecule has 0 fully saturated rings. The van der Waals surface area contributed by atoms with Gasteiger partial charge in [0.25, 0.3) is 0 Å². The molecule has 27 heavy (non-hydrogen) atoms. The van der Waals surface area contributed by atoms with Crippen LogP contribution in [-0.2, 0) is 23.1 Å². The SMILES string of the molecule is Cc1ccc(C[C@@H](NC(=O)C(=O)Nc2cnn(C)c2)c2ccccn2)cc1. The highest BCUT2D eigenvalue weighted by Gasteiger charge is 2.21. The van der Waals surface area contributed by atoms with Gasteiger partial charge in [0.2, 0.25) is 0 Å². The van der Waals surface area contributed by atoms with Crippen LogP contribution in [0.1, 0.15) is 22.9 Å². The molecule has 0 aliphatic rings. The van der Waals surface area contributed by atoms with Crippen LogP contribution in [0.3, 0.4) is 0 Å². The van der Waals surface area contributed by atoms with Crippen molar-refractivity contribution >= 4 is 17.5 Å². The van der Waals surface area contributed by atoms with E-state index in [1.54, 1.807) is 24.1 Å². The molecule has 2 aromatic heterocycles. The summed E-state index contributed by atoms with van der Waals surface area (Å²) in [5.74, 6) is -1.46. The Kier molecular flexibility index (Phi) is 5.61. The van der Waals surface area contributed by atoms with Gasteiger partial charge < -0.3 is 10.6 Å². The van der Waals surface area contributed by atoms with E-state index in [0.717, 1.165) is 11.1 Å². The van der Waals surface area contributed by atoms with E-state index in [4.69, 9.17) is 0 Å². The molecule has 1 atom stereocenters. The van der Waals surface area contributed by atoms with Crippen LogP contribution in [-0.4, -0.2) is 26.6 Å². The van der Waals surface area contributed by atoms with E-state index in [1.165, 1.54) is 6.20 Å². The van der Waals surface area contributed by atoms with E-state index in [1.807, 2.05) is 49.4 Å². The summed E-state index contributed by atoms with van der Waals surface area (Å²) in [7, 11) is 1.73. The molecular weight excluding hydrogens is 342 g/mol. The van der Waals surface area contributed by atoms with E-state index in [9.17, 15) is 9.59 Å². The molecule has 0 radical (unpaired) electrons. The zero-order valence-electron chi connectivity index (χ0n) is 15.2. The molecule has 2 amide bonds. The molecule has 138 valence electrons. The molecule has 3 aromatic rings. The third-order valence-electron chi connectivity index (χ3n) is 4.08. The smallest absolute Gasteiger partial charge is 0.313 e. The molecule has 7 heteroatoms. The van der Waals surface area contributed by atoms with Crippen molar-refractivity contribution in [2.45, 2.75) is 19.4 Å². The normalized spacial score (nSPS) is 11.6. The Morgan fingerprint density at radius 2 is 1.89 bits per heavy atom. The monoisotopic (exact) mass is 363 g/mol.